The summed E-state index contributed by atoms with van der Waals surface area (Å²) >= 11 is 0. The molecule has 1 aromatic rings. The Bertz CT molecular complexity index is 461. The first-order chi connectivity index (χ1) is 7.34. The van der Waals surface area contributed by atoms with E-state index in [0.717, 1.165) is 0 Å². The molecule has 0 saturated carbocycles. The molecular weight excluding hydrogens is 180 g/mol. The molecule has 0 saturated heterocycles. The van der Waals surface area contributed by atoms with Gasteiger partial charge in [0.15, 0.2) is 0 Å². The highest BCUT2D eigenvalue weighted by Crippen LogP contribution is 2.31. The third-order valence-electron chi connectivity index (χ3n) is 3.53. The molecule has 0 bridgehead atoms. The van der Waals surface area contributed by atoms with Crippen LogP contribution in [-0.2, 0) is 12.8 Å². The molecule has 3 rings (SSSR count). The third kappa shape index (κ3) is 1.45. The van der Waals surface area contributed by atoms with E-state index in [9.17, 15) is 0 Å². The minimum absolute atomic E-state index is 1.21. The maximum absolute atomic E-state index is 2.36. The highest BCUT2D eigenvalue weighted by molar-refractivity contribution is 5.67. The summed E-state index contributed by atoms with van der Waals surface area (Å²) in [6, 6.07) is 4.56. The Labute approximate surface area is 91.3 Å². The van der Waals surface area contributed by atoms with Crippen LogP contribution >= 0.6 is 0 Å². The van der Waals surface area contributed by atoms with E-state index in [-0.39, 0.29) is 0 Å². The largest absolute Gasteiger partial charge is 0.0836 e. The predicted octanol–water partition coefficient (Wildman–Crippen LogP) is 4.00. The summed E-state index contributed by atoms with van der Waals surface area (Å²) in [5.74, 6) is 0. The SMILES string of the molecule is CC1=Cc2ccc3c(c2CC1)CCC=C3. The van der Waals surface area contributed by atoms with Crippen molar-refractivity contribution >= 4 is 12.2 Å². The van der Waals surface area contributed by atoms with Gasteiger partial charge in [-0.05, 0) is 54.9 Å². The molecular formula is C15H16. The van der Waals surface area contributed by atoms with Gasteiger partial charge in [0.2, 0.25) is 0 Å². The van der Waals surface area contributed by atoms with Gasteiger partial charge in [-0.1, -0.05) is 35.9 Å². The van der Waals surface area contributed by atoms with Crippen molar-refractivity contribution in [1.82, 2.24) is 0 Å². The number of hydrogen-bond donors (Lipinski definition) is 0. The number of fused-ring (bicyclic) bond motifs is 3. The van der Waals surface area contributed by atoms with Gasteiger partial charge in [0, 0.05) is 0 Å². The number of hydrogen-bond acceptors (Lipinski definition) is 0. The van der Waals surface area contributed by atoms with Gasteiger partial charge in [0.25, 0.3) is 0 Å². The van der Waals surface area contributed by atoms with Crippen LogP contribution in [0, 0.1) is 0 Å². The Morgan fingerprint density at radius 2 is 1.73 bits per heavy atom. The predicted molar refractivity (Wildman–Crippen MR) is 65.8 cm³/mol. The zero-order valence-corrected chi connectivity index (χ0v) is 9.22. The minimum Gasteiger partial charge on any atom is -0.0836 e. The van der Waals surface area contributed by atoms with Crippen molar-refractivity contribution in [2.24, 2.45) is 0 Å². The van der Waals surface area contributed by atoms with Crippen LogP contribution in [0.1, 0.15) is 42.0 Å². The second kappa shape index (κ2) is 3.37. The van der Waals surface area contributed by atoms with Crippen molar-refractivity contribution in [3.8, 4) is 0 Å². The van der Waals surface area contributed by atoms with Gasteiger partial charge in [0.1, 0.15) is 0 Å². The minimum atomic E-state index is 1.21. The summed E-state index contributed by atoms with van der Waals surface area (Å²) in [5.41, 5.74) is 7.66. The monoisotopic (exact) mass is 196 g/mol. The Hall–Kier alpha value is -1.30. The summed E-state index contributed by atoms with van der Waals surface area (Å²) in [7, 11) is 0. The average molecular weight is 196 g/mol. The van der Waals surface area contributed by atoms with Crippen LogP contribution in [0.15, 0.2) is 23.8 Å². The van der Waals surface area contributed by atoms with Gasteiger partial charge in [-0.15, -0.1) is 0 Å². The molecule has 0 nitrogen and oxygen atoms in total. The summed E-state index contributed by atoms with van der Waals surface area (Å²) in [4.78, 5) is 0. The van der Waals surface area contributed by atoms with Crippen LogP contribution < -0.4 is 0 Å². The lowest BCUT2D eigenvalue weighted by molar-refractivity contribution is 0.878. The quantitative estimate of drug-likeness (QED) is 0.588. The lowest BCUT2D eigenvalue weighted by Gasteiger charge is -2.21. The van der Waals surface area contributed by atoms with E-state index in [2.05, 4.69) is 37.3 Å². The van der Waals surface area contributed by atoms with Crippen molar-refractivity contribution in [2.45, 2.75) is 32.6 Å². The molecule has 0 atom stereocenters. The van der Waals surface area contributed by atoms with Crippen molar-refractivity contribution in [2.75, 3.05) is 0 Å². The molecule has 0 spiro atoms. The molecule has 2 aliphatic carbocycles. The molecule has 0 unspecified atom stereocenters. The third-order valence-corrected chi connectivity index (χ3v) is 3.53. The van der Waals surface area contributed by atoms with Crippen LogP contribution in [0.25, 0.3) is 12.2 Å². The molecule has 0 heteroatoms. The Kier molecular flexibility index (Phi) is 2.02. The van der Waals surface area contributed by atoms with Gasteiger partial charge in [0.05, 0.1) is 0 Å². The first kappa shape index (κ1) is 8.96. The maximum Gasteiger partial charge on any atom is -0.0222 e. The molecule has 76 valence electrons. The van der Waals surface area contributed by atoms with Crippen molar-refractivity contribution in [3.05, 3.63) is 46.0 Å². The molecule has 0 radical (unpaired) electrons. The second-order valence-electron chi connectivity index (χ2n) is 4.63. The van der Waals surface area contributed by atoms with Crippen LogP contribution in [-0.4, -0.2) is 0 Å². The zero-order valence-electron chi connectivity index (χ0n) is 9.22. The normalized spacial score (nSPS) is 18.1. The first-order valence-corrected chi connectivity index (χ1v) is 5.83. The Morgan fingerprint density at radius 3 is 2.67 bits per heavy atom. The maximum atomic E-state index is 2.36. The highest BCUT2D eigenvalue weighted by atomic mass is 14.2. The van der Waals surface area contributed by atoms with Gasteiger partial charge < -0.3 is 0 Å². The fourth-order valence-corrected chi connectivity index (χ4v) is 2.71. The molecule has 15 heavy (non-hydrogen) atoms. The molecule has 0 aliphatic heterocycles. The van der Waals surface area contributed by atoms with Crippen molar-refractivity contribution < 1.29 is 0 Å². The van der Waals surface area contributed by atoms with Gasteiger partial charge >= 0.3 is 0 Å². The Balaban J connectivity index is 2.20. The topological polar surface area (TPSA) is 0 Å². The Morgan fingerprint density at radius 1 is 0.933 bits per heavy atom. The van der Waals surface area contributed by atoms with E-state index in [1.165, 1.54) is 42.4 Å². The summed E-state index contributed by atoms with van der Waals surface area (Å²) in [6.07, 6.45) is 11.9. The molecule has 0 heterocycles. The summed E-state index contributed by atoms with van der Waals surface area (Å²) in [5, 5.41) is 0. The molecule has 0 N–H and O–H groups in total. The second-order valence-corrected chi connectivity index (χ2v) is 4.63. The lowest BCUT2D eigenvalue weighted by atomic mass is 9.84. The van der Waals surface area contributed by atoms with E-state index in [1.807, 2.05) is 0 Å². The fraction of sp³-hybridized carbons (Fsp3) is 0.333. The van der Waals surface area contributed by atoms with Gasteiger partial charge in [-0.3, -0.25) is 0 Å². The summed E-state index contributed by atoms with van der Waals surface area (Å²) in [6.45, 7) is 2.24. The lowest BCUT2D eigenvalue weighted by Crippen LogP contribution is -2.06. The first-order valence-electron chi connectivity index (χ1n) is 5.83. The number of allylic oxidation sites excluding steroid dienone is 2. The molecule has 0 aromatic heterocycles. The van der Waals surface area contributed by atoms with Gasteiger partial charge in [-0.2, -0.15) is 0 Å². The van der Waals surface area contributed by atoms with Crippen LogP contribution in [0.5, 0.6) is 0 Å². The standard InChI is InChI=1S/C15H16/c1-11-6-9-15-13(10-11)8-7-12-4-2-3-5-14(12)15/h2,4,7-8,10H,3,5-6,9H2,1H3. The summed E-state index contributed by atoms with van der Waals surface area (Å²) < 4.78 is 0. The van der Waals surface area contributed by atoms with E-state index in [4.69, 9.17) is 0 Å². The van der Waals surface area contributed by atoms with Gasteiger partial charge in [-0.25, -0.2) is 0 Å². The van der Waals surface area contributed by atoms with E-state index in [1.54, 1.807) is 11.1 Å². The van der Waals surface area contributed by atoms with Crippen molar-refractivity contribution in [1.29, 1.82) is 0 Å². The zero-order chi connectivity index (χ0) is 10.3. The van der Waals surface area contributed by atoms with E-state index >= 15 is 0 Å². The van der Waals surface area contributed by atoms with Crippen LogP contribution in [0.2, 0.25) is 0 Å². The fourth-order valence-electron chi connectivity index (χ4n) is 2.71. The molecule has 0 fully saturated rings. The average Bonchev–Trinajstić information content (AvgIpc) is 2.28. The molecule has 2 aliphatic rings. The molecule has 0 amide bonds. The number of rotatable bonds is 0. The van der Waals surface area contributed by atoms with Crippen LogP contribution in [0.3, 0.4) is 0 Å². The highest BCUT2D eigenvalue weighted by Gasteiger charge is 2.15. The van der Waals surface area contributed by atoms with E-state index < -0.39 is 0 Å². The van der Waals surface area contributed by atoms with E-state index in [0.29, 0.717) is 0 Å². The molecule has 1 aromatic carbocycles. The van der Waals surface area contributed by atoms with Crippen molar-refractivity contribution in [3.63, 3.8) is 0 Å². The van der Waals surface area contributed by atoms with Crippen LogP contribution in [0.4, 0.5) is 0 Å². The smallest absolute Gasteiger partial charge is 0.0222 e. The number of benzene rings is 1.